The summed E-state index contributed by atoms with van der Waals surface area (Å²) in [5.74, 6) is 5.19. The molecule has 0 bridgehead atoms. The summed E-state index contributed by atoms with van der Waals surface area (Å²) in [6, 6.07) is 1.72. The monoisotopic (exact) mass is 200 g/mol. The average Bonchev–Trinajstić information content (AvgIpc) is 2.49. The molecule has 0 saturated heterocycles. The number of rotatable bonds is 1. The van der Waals surface area contributed by atoms with Crippen LogP contribution in [0.1, 0.15) is 0 Å². The first-order valence-electron chi connectivity index (χ1n) is 3.19. The molecule has 2 aromatic heterocycles. The highest BCUT2D eigenvalue weighted by Gasteiger charge is 2.05. The molecule has 3 N–H and O–H groups in total. The molecular formula is C6H5ClN4S. The number of pyridine rings is 1. The van der Waals surface area contributed by atoms with E-state index in [0.717, 1.165) is 4.70 Å². The average molecular weight is 201 g/mol. The SMILES string of the molecule is NNc1nc2nccc(Cl)c2s1. The molecule has 0 aromatic carbocycles. The number of hydrogen-bond donors (Lipinski definition) is 2. The number of fused-ring (bicyclic) bond motifs is 1. The maximum Gasteiger partial charge on any atom is 0.199 e. The van der Waals surface area contributed by atoms with Gasteiger partial charge in [-0.2, -0.15) is 4.98 Å². The zero-order valence-corrected chi connectivity index (χ0v) is 7.49. The van der Waals surface area contributed by atoms with Crippen molar-refractivity contribution in [2.24, 2.45) is 5.84 Å². The van der Waals surface area contributed by atoms with Crippen LogP contribution in [0.5, 0.6) is 0 Å². The molecule has 6 heteroatoms. The van der Waals surface area contributed by atoms with Crippen molar-refractivity contribution >= 4 is 38.4 Å². The normalized spacial score (nSPS) is 10.5. The Kier molecular flexibility index (Phi) is 1.84. The molecule has 0 spiro atoms. The predicted molar refractivity (Wildman–Crippen MR) is 50.2 cm³/mol. The molecule has 0 unspecified atom stereocenters. The van der Waals surface area contributed by atoms with Crippen molar-refractivity contribution in [3.8, 4) is 0 Å². The van der Waals surface area contributed by atoms with Crippen molar-refractivity contribution in [2.75, 3.05) is 5.43 Å². The first-order valence-corrected chi connectivity index (χ1v) is 4.38. The molecule has 12 heavy (non-hydrogen) atoms. The Bertz CT molecular complexity index is 413. The molecule has 2 heterocycles. The standard InChI is InChI=1S/C6H5ClN4S/c7-3-1-2-9-5-4(3)12-6(10-5)11-8/h1-2H,8H2,(H,9,10,11). The van der Waals surface area contributed by atoms with Crippen LogP contribution in [0.2, 0.25) is 5.02 Å². The number of nitrogens with one attached hydrogen (secondary N) is 1. The summed E-state index contributed by atoms with van der Waals surface area (Å²) in [5, 5.41) is 1.27. The van der Waals surface area contributed by atoms with E-state index in [9.17, 15) is 0 Å². The van der Waals surface area contributed by atoms with E-state index in [2.05, 4.69) is 15.4 Å². The van der Waals surface area contributed by atoms with Gasteiger partial charge >= 0.3 is 0 Å². The van der Waals surface area contributed by atoms with E-state index in [-0.39, 0.29) is 0 Å². The number of thiazole rings is 1. The number of nitrogens with zero attached hydrogens (tertiary/aromatic N) is 2. The molecule has 0 aliphatic heterocycles. The van der Waals surface area contributed by atoms with Crippen LogP contribution in [0.3, 0.4) is 0 Å². The van der Waals surface area contributed by atoms with E-state index in [4.69, 9.17) is 17.4 Å². The molecule has 2 rings (SSSR count). The molecule has 0 amide bonds. The summed E-state index contributed by atoms with van der Waals surface area (Å²) >= 11 is 7.27. The Balaban J connectivity index is 2.74. The second kappa shape index (κ2) is 2.85. The van der Waals surface area contributed by atoms with Gasteiger partial charge in [0.05, 0.1) is 9.72 Å². The molecule has 0 aliphatic rings. The number of aromatic nitrogens is 2. The maximum absolute atomic E-state index is 5.89. The number of nitrogens with two attached hydrogens (primary N) is 1. The molecule has 4 nitrogen and oxygen atoms in total. The van der Waals surface area contributed by atoms with Gasteiger partial charge in [-0.15, -0.1) is 0 Å². The van der Waals surface area contributed by atoms with Crippen LogP contribution in [-0.2, 0) is 0 Å². The maximum atomic E-state index is 5.89. The molecule has 62 valence electrons. The van der Waals surface area contributed by atoms with Crippen molar-refractivity contribution in [1.29, 1.82) is 0 Å². The third-order valence-electron chi connectivity index (χ3n) is 1.37. The molecule has 2 aromatic rings. The van der Waals surface area contributed by atoms with E-state index in [1.165, 1.54) is 11.3 Å². The highest BCUT2D eigenvalue weighted by Crippen LogP contribution is 2.29. The van der Waals surface area contributed by atoms with Crippen LogP contribution in [0.25, 0.3) is 10.3 Å². The molecule has 0 saturated carbocycles. The van der Waals surface area contributed by atoms with E-state index >= 15 is 0 Å². The zero-order chi connectivity index (χ0) is 8.55. The number of nitrogen functional groups attached to an aromatic ring is 1. The topological polar surface area (TPSA) is 63.8 Å². The predicted octanol–water partition coefficient (Wildman–Crippen LogP) is 1.63. The first kappa shape index (κ1) is 7.72. The second-order valence-electron chi connectivity index (χ2n) is 2.11. The Morgan fingerprint density at radius 3 is 3.08 bits per heavy atom. The van der Waals surface area contributed by atoms with Gasteiger partial charge in [0.15, 0.2) is 10.8 Å². The van der Waals surface area contributed by atoms with Crippen molar-refractivity contribution in [3.63, 3.8) is 0 Å². The van der Waals surface area contributed by atoms with Gasteiger partial charge in [-0.1, -0.05) is 22.9 Å². The van der Waals surface area contributed by atoms with E-state index in [1.54, 1.807) is 12.3 Å². The van der Waals surface area contributed by atoms with Crippen LogP contribution in [0, 0.1) is 0 Å². The van der Waals surface area contributed by atoms with Gasteiger partial charge in [-0.05, 0) is 6.07 Å². The van der Waals surface area contributed by atoms with Gasteiger partial charge < -0.3 is 0 Å². The summed E-state index contributed by atoms with van der Waals surface area (Å²) in [6.07, 6.45) is 1.62. The summed E-state index contributed by atoms with van der Waals surface area (Å²) in [6.45, 7) is 0. The van der Waals surface area contributed by atoms with E-state index < -0.39 is 0 Å². The lowest BCUT2D eigenvalue weighted by molar-refractivity contribution is 1.27. The fourth-order valence-corrected chi connectivity index (χ4v) is 1.86. The molecular weight excluding hydrogens is 196 g/mol. The lowest BCUT2D eigenvalue weighted by Crippen LogP contribution is -2.05. The molecule has 0 aliphatic carbocycles. The van der Waals surface area contributed by atoms with Gasteiger partial charge in [0.25, 0.3) is 0 Å². The van der Waals surface area contributed by atoms with Crippen molar-refractivity contribution < 1.29 is 0 Å². The number of halogens is 1. The van der Waals surface area contributed by atoms with Crippen molar-refractivity contribution in [1.82, 2.24) is 9.97 Å². The Labute approximate surface area is 77.4 Å². The quantitative estimate of drug-likeness (QED) is 0.543. The van der Waals surface area contributed by atoms with Gasteiger partial charge in [0, 0.05) is 6.20 Å². The second-order valence-corrected chi connectivity index (χ2v) is 3.52. The lowest BCUT2D eigenvalue weighted by atomic mass is 10.5. The van der Waals surface area contributed by atoms with Gasteiger partial charge in [-0.3, -0.25) is 5.43 Å². The van der Waals surface area contributed by atoms with Crippen molar-refractivity contribution in [3.05, 3.63) is 17.3 Å². The van der Waals surface area contributed by atoms with Crippen LogP contribution >= 0.6 is 22.9 Å². The van der Waals surface area contributed by atoms with Crippen LogP contribution < -0.4 is 11.3 Å². The fraction of sp³-hybridized carbons (Fsp3) is 0. The first-order chi connectivity index (χ1) is 5.81. The summed E-state index contributed by atoms with van der Waals surface area (Å²) in [5.41, 5.74) is 3.08. The molecule has 0 fully saturated rings. The third kappa shape index (κ3) is 1.12. The molecule has 0 radical (unpaired) electrons. The minimum absolute atomic E-state index is 0.616. The Morgan fingerprint density at radius 2 is 2.42 bits per heavy atom. The fourth-order valence-electron chi connectivity index (χ4n) is 0.866. The zero-order valence-electron chi connectivity index (χ0n) is 5.91. The van der Waals surface area contributed by atoms with E-state index in [0.29, 0.717) is 15.8 Å². The smallest absolute Gasteiger partial charge is 0.199 e. The van der Waals surface area contributed by atoms with Crippen molar-refractivity contribution in [2.45, 2.75) is 0 Å². The highest BCUT2D eigenvalue weighted by molar-refractivity contribution is 7.22. The van der Waals surface area contributed by atoms with Gasteiger partial charge in [-0.25, -0.2) is 10.8 Å². The van der Waals surface area contributed by atoms with Crippen LogP contribution in [-0.4, -0.2) is 9.97 Å². The highest BCUT2D eigenvalue weighted by atomic mass is 35.5. The summed E-state index contributed by atoms with van der Waals surface area (Å²) < 4.78 is 0.854. The van der Waals surface area contributed by atoms with Gasteiger partial charge in [0.2, 0.25) is 0 Å². The van der Waals surface area contributed by atoms with Crippen LogP contribution in [0.15, 0.2) is 12.3 Å². The Morgan fingerprint density at radius 1 is 1.58 bits per heavy atom. The minimum Gasteiger partial charge on any atom is -0.300 e. The van der Waals surface area contributed by atoms with Gasteiger partial charge in [0.1, 0.15) is 0 Å². The van der Waals surface area contributed by atoms with E-state index in [1.807, 2.05) is 0 Å². The summed E-state index contributed by atoms with van der Waals surface area (Å²) in [7, 11) is 0. The number of anilines is 1. The summed E-state index contributed by atoms with van der Waals surface area (Å²) in [4.78, 5) is 8.11. The lowest BCUT2D eigenvalue weighted by Gasteiger charge is -1.86. The molecule has 0 atom stereocenters. The minimum atomic E-state index is 0.616. The third-order valence-corrected chi connectivity index (χ3v) is 2.80. The van der Waals surface area contributed by atoms with Crippen LogP contribution in [0.4, 0.5) is 5.13 Å². The Hall–Kier alpha value is -0.910. The number of hydrogen-bond acceptors (Lipinski definition) is 5. The number of hydrazine groups is 1. The largest absolute Gasteiger partial charge is 0.300 e.